The van der Waals surface area contributed by atoms with Crippen LogP contribution in [0.4, 0.5) is 0 Å². The summed E-state index contributed by atoms with van der Waals surface area (Å²) >= 11 is 0. The highest BCUT2D eigenvalue weighted by molar-refractivity contribution is 5.69. The van der Waals surface area contributed by atoms with Gasteiger partial charge in [0.15, 0.2) is 0 Å². The third-order valence-electron chi connectivity index (χ3n) is 3.19. The number of carbonyl (C=O) groups is 1. The molecule has 88 valence electrons. The minimum absolute atomic E-state index is 0.100. The first-order valence-electron chi connectivity index (χ1n) is 6.04. The summed E-state index contributed by atoms with van der Waals surface area (Å²) in [5, 5.41) is 8.84. The molecular weight excluding hydrogens is 192 g/mol. The third kappa shape index (κ3) is 4.65. The zero-order valence-corrected chi connectivity index (χ0v) is 9.58. The van der Waals surface area contributed by atoms with Crippen LogP contribution in [0.3, 0.4) is 0 Å². The Bertz CT molecular complexity index is 183. The fraction of sp³-hybridized carbons (Fsp3) is 0.917. The zero-order chi connectivity index (χ0) is 11.1. The number of carboxylic acid groups (broad SMARTS) is 1. The molecule has 3 nitrogen and oxygen atoms in total. The van der Waals surface area contributed by atoms with E-state index in [1.807, 2.05) is 0 Å². The van der Waals surface area contributed by atoms with E-state index in [1.54, 1.807) is 0 Å². The summed E-state index contributed by atoms with van der Waals surface area (Å²) in [5.41, 5.74) is 0. The van der Waals surface area contributed by atoms with Crippen LogP contribution in [0.1, 0.15) is 45.4 Å². The van der Waals surface area contributed by atoms with Crippen molar-refractivity contribution in [1.29, 1.82) is 0 Å². The number of ether oxygens (including phenoxy) is 1. The number of unbranched alkanes of at least 4 members (excludes halogenated alkanes) is 1. The van der Waals surface area contributed by atoms with Gasteiger partial charge in [-0.1, -0.05) is 13.3 Å². The van der Waals surface area contributed by atoms with Crippen LogP contribution < -0.4 is 0 Å². The molecule has 0 unspecified atom stereocenters. The quantitative estimate of drug-likeness (QED) is 0.691. The van der Waals surface area contributed by atoms with Crippen LogP contribution in [0.5, 0.6) is 0 Å². The summed E-state index contributed by atoms with van der Waals surface area (Å²) in [5.74, 6) is -0.130. The molecule has 3 heteroatoms. The molecule has 1 fully saturated rings. The van der Waals surface area contributed by atoms with E-state index in [2.05, 4.69) is 6.92 Å². The molecule has 0 bridgehead atoms. The van der Waals surface area contributed by atoms with Crippen molar-refractivity contribution in [3.63, 3.8) is 0 Å². The topological polar surface area (TPSA) is 46.5 Å². The molecule has 0 spiro atoms. The largest absolute Gasteiger partial charge is 0.481 e. The summed E-state index contributed by atoms with van der Waals surface area (Å²) in [4.78, 5) is 10.7. The van der Waals surface area contributed by atoms with Gasteiger partial charge >= 0.3 is 5.97 Å². The minimum Gasteiger partial charge on any atom is -0.481 e. The lowest BCUT2D eigenvalue weighted by atomic mass is 9.82. The molecule has 1 saturated carbocycles. The van der Waals surface area contributed by atoms with E-state index in [4.69, 9.17) is 9.84 Å². The van der Waals surface area contributed by atoms with Crippen molar-refractivity contribution < 1.29 is 14.6 Å². The molecule has 0 heterocycles. The Kier molecular flexibility index (Phi) is 5.69. The monoisotopic (exact) mass is 214 g/mol. The van der Waals surface area contributed by atoms with Crippen LogP contribution in [0.2, 0.25) is 0 Å². The van der Waals surface area contributed by atoms with E-state index >= 15 is 0 Å². The highest BCUT2D eigenvalue weighted by Crippen LogP contribution is 2.28. The number of aliphatic carboxylic acids is 1. The second-order valence-corrected chi connectivity index (χ2v) is 4.48. The van der Waals surface area contributed by atoms with E-state index in [-0.39, 0.29) is 5.92 Å². The van der Waals surface area contributed by atoms with Gasteiger partial charge < -0.3 is 9.84 Å². The summed E-state index contributed by atoms with van der Waals surface area (Å²) in [6, 6.07) is 0. The Morgan fingerprint density at radius 1 is 1.33 bits per heavy atom. The molecule has 1 rings (SSSR count). The summed E-state index contributed by atoms with van der Waals surface area (Å²) in [6.45, 7) is 3.84. The van der Waals surface area contributed by atoms with Gasteiger partial charge in [0.25, 0.3) is 0 Å². The molecule has 15 heavy (non-hydrogen) atoms. The molecular formula is C12H22O3. The van der Waals surface area contributed by atoms with Gasteiger partial charge in [0.05, 0.1) is 5.92 Å². The van der Waals surface area contributed by atoms with Gasteiger partial charge in [0, 0.05) is 13.2 Å². The molecule has 0 atom stereocenters. The fourth-order valence-corrected chi connectivity index (χ4v) is 2.07. The van der Waals surface area contributed by atoms with Crippen LogP contribution in [0.25, 0.3) is 0 Å². The molecule has 0 radical (unpaired) electrons. The standard InChI is InChI=1S/C12H22O3/c1-2-3-8-15-9-10-4-6-11(7-5-10)12(13)14/h10-11H,2-9H2,1H3,(H,13,14)/t10-,11-. The van der Waals surface area contributed by atoms with Gasteiger partial charge in [-0.15, -0.1) is 0 Å². The van der Waals surface area contributed by atoms with Crippen molar-refractivity contribution in [2.45, 2.75) is 45.4 Å². The van der Waals surface area contributed by atoms with Gasteiger partial charge in [-0.05, 0) is 38.0 Å². The predicted octanol–water partition coefficient (Wildman–Crippen LogP) is 2.69. The molecule has 1 aliphatic rings. The van der Waals surface area contributed by atoms with E-state index in [9.17, 15) is 4.79 Å². The predicted molar refractivity (Wildman–Crippen MR) is 58.8 cm³/mol. The van der Waals surface area contributed by atoms with Gasteiger partial charge in [-0.2, -0.15) is 0 Å². The van der Waals surface area contributed by atoms with Crippen LogP contribution >= 0.6 is 0 Å². The maximum absolute atomic E-state index is 10.7. The third-order valence-corrected chi connectivity index (χ3v) is 3.19. The van der Waals surface area contributed by atoms with Crippen LogP contribution in [-0.4, -0.2) is 24.3 Å². The Morgan fingerprint density at radius 3 is 2.53 bits per heavy atom. The van der Waals surface area contributed by atoms with E-state index in [0.717, 1.165) is 45.3 Å². The van der Waals surface area contributed by atoms with E-state index in [1.165, 1.54) is 6.42 Å². The molecule has 0 aromatic heterocycles. The number of hydrogen-bond acceptors (Lipinski definition) is 2. The van der Waals surface area contributed by atoms with Crippen LogP contribution in [0, 0.1) is 11.8 Å². The Labute approximate surface area is 91.8 Å². The molecule has 1 aliphatic carbocycles. The Balaban J connectivity index is 2.07. The van der Waals surface area contributed by atoms with Gasteiger partial charge in [-0.25, -0.2) is 0 Å². The van der Waals surface area contributed by atoms with Gasteiger partial charge in [0.1, 0.15) is 0 Å². The van der Waals surface area contributed by atoms with Gasteiger partial charge in [-0.3, -0.25) is 4.79 Å². The maximum Gasteiger partial charge on any atom is 0.306 e. The average Bonchev–Trinajstić information content (AvgIpc) is 2.25. The Morgan fingerprint density at radius 2 is 2.00 bits per heavy atom. The smallest absolute Gasteiger partial charge is 0.306 e. The number of hydrogen-bond donors (Lipinski definition) is 1. The normalized spacial score (nSPS) is 26.5. The van der Waals surface area contributed by atoms with Crippen LogP contribution in [0.15, 0.2) is 0 Å². The fourth-order valence-electron chi connectivity index (χ4n) is 2.07. The highest BCUT2D eigenvalue weighted by atomic mass is 16.5. The number of carboxylic acids is 1. The van der Waals surface area contributed by atoms with Gasteiger partial charge in [0.2, 0.25) is 0 Å². The van der Waals surface area contributed by atoms with E-state index < -0.39 is 5.97 Å². The second kappa shape index (κ2) is 6.83. The molecule has 0 aromatic carbocycles. The molecule has 0 amide bonds. The SMILES string of the molecule is CCCCOC[C@H]1CC[C@H](C(=O)O)CC1. The van der Waals surface area contributed by atoms with Crippen molar-refractivity contribution >= 4 is 5.97 Å². The molecule has 0 saturated heterocycles. The zero-order valence-electron chi connectivity index (χ0n) is 9.58. The van der Waals surface area contributed by atoms with Crippen molar-refractivity contribution in [3.05, 3.63) is 0 Å². The lowest BCUT2D eigenvalue weighted by Crippen LogP contribution is -2.23. The lowest BCUT2D eigenvalue weighted by Gasteiger charge is -2.25. The van der Waals surface area contributed by atoms with Crippen molar-refractivity contribution in [3.8, 4) is 0 Å². The highest BCUT2D eigenvalue weighted by Gasteiger charge is 2.25. The van der Waals surface area contributed by atoms with Crippen molar-refractivity contribution in [2.75, 3.05) is 13.2 Å². The van der Waals surface area contributed by atoms with E-state index in [0.29, 0.717) is 5.92 Å². The van der Waals surface area contributed by atoms with Crippen molar-refractivity contribution in [1.82, 2.24) is 0 Å². The second-order valence-electron chi connectivity index (χ2n) is 4.48. The summed E-state index contributed by atoms with van der Waals surface area (Å²) in [7, 11) is 0. The summed E-state index contributed by atoms with van der Waals surface area (Å²) in [6.07, 6.45) is 6.00. The molecule has 1 N–H and O–H groups in total. The first-order chi connectivity index (χ1) is 7.24. The maximum atomic E-state index is 10.7. The average molecular weight is 214 g/mol. The van der Waals surface area contributed by atoms with Crippen molar-refractivity contribution in [2.24, 2.45) is 11.8 Å². The molecule has 0 aliphatic heterocycles. The minimum atomic E-state index is -0.625. The lowest BCUT2D eigenvalue weighted by molar-refractivity contribution is -0.143. The van der Waals surface area contributed by atoms with Crippen LogP contribution in [-0.2, 0) is 9.53 Å². The molecule has 0 aromatic rings. The number of rotatable bonds is 6. The summed E-state index contributed by atoms with van der Waals surface area (Å²) < 4.78 is 5.56. The Hall–Kier alpha value is -0.570. The first kappa shape index (κ1) is 12.5. The first-order valence-corrected chi connectivity index (χ1v) is 6.04.